The third-order valence-electron chi connectivity index (χ3n) is 5.72. The van der Waals surface area contributed by atoms with Crippen LogP contribution < -0.4 is 5.73 Å². The van der Waals surface area contributed by atoms with Crippen LogP contribution in [0, 0.1) is 5.41 Å². The number of nitrogen functional groups attached to an aromatic ring is 1. The average Bonchev–Trinajstić information content (AvgIpc) is 2.75. The van der Waals surface area contributed by atoms with Crippen LogP contribution in [0.4, 0.5) is 5.69 Å². The van der Waals surface area contributed by atoms with Crippen LogP contribution in [0.15, 0.2) is 53.4 Å². The molecule has 0 bridgehead atoms. The number of hydrogen-bond donors (Lipinski definition) is 2. The second-order valence-corrected chi connectivity index (χ2v) is 8.26. The molecule has 3 rings (SSSR count). The van der Waals surface area contributed by atoms with E-state index in [9.17, 15) is 5.11 Å². The number of aliphatic hydroxyl groups is 1. The molecule has 3 N–H and O–H groups in total. The lowest BCUT2D eigenvalue weighted by molar-refractivity contribution is 0.0182. The van der Waals surface area contributed by atoms with Crippen molar-refractivity contribution in [1.82, 2.24) is 0 Å². The van der Waals surface area contributed by atoms with E-state index in [4.69, 9.17) is 5.73 Å². The minimum Gasteiger partial charge on any atom is -0.399 e. The molecule has 134 valence electrons. The first-order valence-corrected chi connectivity index (χ1v) is 10.3. The summed E-state index contributed by atoms with van der Waals surface area (Å²) in [5, 5.41) is 11.6. The number of benzene rings is 2. The normalized spacial score (nSPS) is 26.0. The Morgan fingerprint density at radius 3 is 2.60 bits per heavy atom. The molecular formula is C22H29NOS. The highest BCUT2D eigenvalue weighted by Gasteiger charge is 2.44. The third kappa shape index (κ3) is 3.58. The van der Waals surface area contributed by atoms with Gasteiger partial charge in [0.2, 0.25) is 0 Å². The second-order valence-electron chi connectivity index (χ2n) is 7.24. The van der Waals surface area contributed by atoms with Gasteiger partial charge in [-0.05, 0) is 42.2 Å². The van der Waals surface area contributed by atoms with Crippen molar-refractivity contribution in [3.8, 4) is 0 Å². The fourth-order valence-corrected chi connectivity index (χ4v) is 5.51. The molecule has 0 saturated heterocycles. The smallest absolute Gasteiger partial charge is 0.0713 e. The minimum atomic E-state index is -0.401. The van der Waals surface area contributed by atoms with Crippen LogP contribution in [0.3, 0.4) is 0 Å². The van der Waals surface area contributed by atoms with Gasteiger partial charge in [-0.15, -0.1) is 11.8 Å². The molecule has 3 unspecified atom stereocenters. The monoisotopic (exact) mass is 355 g/mol. The molecule has 1 aliphatic rings. The number of fused-ring (bicyclic) bond motifs is 1. The molecule has 2 aromatic carbocycles. The topological polar surface area (TPSA) is 46.2 Å². The van der Waals surface area contributed by atoms with E-state index >= 15 is 0 Å². The van der Waals surface area contributed by atoms with Crippen molar-refractivity contribution in [2.75, 3.05) is 11.5 Å². The van der Waals surface area contributed by atoms with E-state index in [1.54, 1.807) is 0 Å². The Morgan fingerprint density at radius 2 is 1.92 bits per heavy atom. The van der Waals surface area contributed by atoms with Gasteiger partial charge in [-0.2, -0.15) is 0 Å². The molecule has 3 atom stereocenters. The maximum Gasteiger partial charge on any atom is 0.0713 e. The van der Waals surface area contributed by atoms with E-state index in [1.165, 1.54) is 16.0 Å². The van der Waals surface area contributed by atoms with E-state index in [2.05, 4.69) is 50.2 Å². The average molecular weight is 356 g/mol. The van der Waals surface area contributed by atoms with Gasteiger partial charge in [0.1, 0.15) is 0 Å². The van der Waals surface area contributed by atoms with Gasteiger partial charge >= 0.3 is 0 Å². The summed E-state index contributed by atoms with van der Waals surface area (Å²) < 4.78 is 0. The summed E-state index contributed by atoms with van der Waals surface area (Å²) in [6.45, 7) is 4.45. The van der Waals surface area contributed by atoms with E-state index < -0.39 is 6.10 Å². The van der Waals surface area contributed by atoms with Crippen LogP contribution in [-0.2, 0) is 0 Å². The molecule has 2 nitrogen and oxygen atoms in total. The molecule has 25 heavy (non-hydrogen) atoms. The van der Waals surface area contributed by atoms with E-state index in [1.807, 2.05) is 23.9 Å². The Labute approximate surface area is 155 Å². The molecule has 0 aliphatic carbocycles. The van der Waals surface area contributed by atoms with Gasteiger partial charge in [-0.1, -0.05) is 57.0 Å². The number of aliphatic hydroxyl groups excluding tert-OH is 1. The van der Waals surface area contributed by atoms with Crippen LogP contribution in [0.1, 0.15) is 56.6 Å². The molecule has 1 aliphatic heterocycles. The number of rotatable bonds is 5. The Kier molecular flexibility index (Phi) is 5.75. The van der Waals surface area contributed by atoms with E-state index in [-0.39, 0.29) is 11.3 Å². The number of hydrogen-bond acceptors (Lipinski definition) is 3. The summed E-state index contributed by atoms with van der Waals surface area (Å²) in [4.78, 5) is 1.26. The number of nitrogens with two attached hydrogens (primary N) is 1. The predicted octanol–water partition coefficient (Wildman–Crippen LogP) is 5.45. The molecule has 0 saturated carbocycles. The molecule has 3 heteroatoms. The Bertz CT molecular complexity index is 702. The quantitative estimate of drug-likeness (QED) is 0.701. The molecule has 2 aromatic rings. The molecule has 0 fully saturated rings. The van der Waals surface area contributed by atoms with E-state index in [0.29, 0.717) is 0 Å². The second kappa shape index (κ2) is 7.84. The maximum atomic E-state index is 11.6. The van der Waals surface area contributed by atoms with Crippen LogP contribution in [0.25, 0.3) is 0 Å². The van der Waals surface area contributed by atoms with Crippen LogP contribution in [0.2, 0.25) is 0 Å². The summed E-state index contributed by atoms with van der Waals surface area (Å²) in [6.07, 6.45) is 3.98. The van der Waals surface area contributed by atoms with Gasteiger partial charge in [0, 0.05) is 27.7 Å². The van der Waals surface area contributed by atoms with Gasteiger partial charge in [0.25, 0.3) is 0 Å². The van der Waals surface area contributed by atoms with E-state index in [0.717, 1.165) is 37.1 Å². The first-order chi connectivity index (χ1) is 12.1. The summed E-state index contributed by atoms with van der Waals surface area (Å²) in [5.74, 6) is 0.941. The van der Waals surface area contributed by atoms with Crippen molar-refractivity contribution >= 4 is 17.4 Å². The standard InChI is InChI=1S/C22H29NOS/c1-3-5-13-22(4-2)15-25-19-12-11-17(23)14-18(19)20(21(22)24)16-9-7-6-8-10-16/h6-12,14,20-21,24H,3-5,13,15,23H2,1-2H3. The summed E-state index contributed by atoms with van der Waals surface area (Å²) in [5.41, 5.74) is 9.17. The highest BCUT2D eigenvalue weighted by molar-refractivity contribution is 7.99. The first-order valence-electron chi connectivity index (χ1n) is 9.36. The predicted molar refractivity (Wildman–Crippen MR) is 108 cm³/mol. The molecule has 1 heterocycles. The molecule has 0 radical (unpaired) electrons. The van der Waals surface area contributed by atoms with Gasteiger partial charge in [0.15, 0.2) is 0 Å². The van der Waals surface area contributed by atoms with Crippen molar-refractivity contribution in [3.05, 3.63) is 59.7 Å². The minimum absolute atomic E-state index is 0.0218. The van der Waals surface area contributed by atoms with Crippen molar-refractivity contribution in [1.29, 1.82) is 0 Å². The van der Waals surface area contributed by atoms with Crippen LogP contribution in [-0.4, -0.2) is 17.0 Å². The summed E-state index contributed by atoms with van der Waals surface area (Å²) in [6, 6.07) is 16.6. The first kappa shape index (κ1) is 18.3. The molecule has 0 aromatic heterocycles. The Hall–Kier alpha value is -1.45. The van der Waals surface area contributed by atoms with Gasteiger partial charge < -0.3 is 10.8 Å². The lowest BCUT2D eigenvalue weighted by Crippen LogP contribution is -2.40. The fourth-order valence-electron chi connectivity index (χ4n) is 4.03. The number of unbranched alkanes of at least 4 members (excludes halogenated alkanes) is 1. The number of thioether (sulfide) groups is 1. The van der Waals surface area contributed by atoms with Crippen LogP contribution >= 0.6 is 11.8 Å². The van der Waals surface area contributed by atoms with Gasteiger partial charge in [0.05, 0.1) is 6.10 Å². The highest BCUT2D eigenvalue weighted by Crippen LogP contribution is 2.50. The van der Waals surface area contributed by atoms with Crippen molar-refractivity contribution in [2.45, 2.75) is 56.4 Å². The third-order valence-corrected chi connectivity index (χ3v) is 7.12. The maximum absolute atomic E-state index is 11.6. The zero-order chi connectivity index (χ0) is 17.9. The highest BCUT2D eigenvalue weighted by atomic mass is 32.2. The fraction of sp³-hybridized carbons (Fsp3) is 0.455. The van der Waals surface area contributed by atoms with Gasteiger partial charge in [-0.25, -0.2) is 0 Å². The molecule has 0 amide bonds. The lowest BCUT2D eigenvalue weighted by Gasteiger charge is -2.39. The molecular weight excluding hydrogens is 326 g/mol. The number of anilines is 1. The van der Waals surface area contributed by atoms with Crippen LogP contribution in [0.5, 0.6) is 0 Å². The van der Waals surface area contributed by atoms with Crippen molar-refractivity contribution in [2.24, 2.45) is 5.41 Å². The van der Waals surface area contributed by atoms with Gasteiger partial charge in [-0.3, -0.25) is 0 Å². The SMILES string of the molecule is CCCCC1(CC)CSc2ccc(N)cc2C(c2ccccc2)C1O. The lowest BCUT2D eigenvalue weighted by atomic mass is 9.69. The Balaban J connectivity index is 2.13. The van der Waals surface area contributed by atoms with Crippen molar-refractivity contribution < 1.29 is 5.11 Å². The molecule has 0 spiro atoms. The summed E-state index contributed by atoms with van der Waals surface area (Å²) in [7, 11) is 0. The zero-order valence-corrected chi connectivity index (χ0v) is 16.1. The Morgan fingerprint density at radius 1 is 1.16 bits per heavy atom. The van der Waals surface area contributed by atoms with Crippen molar-refractivity contribution in [3.63, 3.8) is 0 Å². The zero-order valence-electron chi connectivity index (χ0n) is 15.2. The summed E-state index contributed by atoms with van der Waals surface area (Å²) >= 11 is 1.89. The largest absolute Gasteiger partial charge is 0.399 e.